The Morgan fingerprint density at radius 3 is 2.11 bits per heavy atom. The van der Waals surface area contributed by atoms with Gasteiger partial charge in [-0.15, -0.1) is 0 Å². The molecule has 0 saturated carbocycles. The molecule has 52 valence electrons. The number of ether oxygens (including phenoxy) is 1. The minimum Gasteiger partial charge on any atom is -0.479 e. The van der Waals surface area contributed by atoms with E-state index in [4.69, 9.17) is 10.2 Å². The third-order valence-electron chi connectivity index (χ3n) is 0.658. The Morgan fingerprint density at radius 2 is 2.00 bits per heavy atom. The van der Waals surface area contributed by atoms with Crippen LogP contribution in [0.3, 0.4) is 0 Å². The van der Waals surface area contributed by atoms with Crippen LogP contribution in [0.15, 0.2) is 0 Å². The van der Waals surface area contributed by atoms with E-state index in [1.54, 1.807) is 0 Å². The van der Waals surface area contributed by atoms with Crippen molar-refractivity contribution in [2.75, 3.05) is 7.11 Å². The molecule has 5 heteroatoms. The normalized spacial score (nSPS) is 12.2. The van der Waals surface area contributed by atoms with Crippen molar-refractivity contribution < 1.29 is 24.5 Å². The third kappa shape index (κ3) is 2.09. The van der Waals surface area contributed by atoms with Gasteiger partial charge < -0.3 is 14.9 Å². The fraction of sp³-hybridized carbons (Fsp3) is 0.500. The van der Waals surface area contributed by atoms with Gasteiger partial charge in [0, 0.05) is 0 Å². The maximum Gasteiger partial charge on any atom is 0.346 e. The Bertz CT molecular complexity index is 129. The number of hydrogen-bond donors (Lipinski definition) is 2. The fourth-order valence-electron chi connectivity index (χ4n) is 0.212. The smallest absolute Gasteiger partial charge is 0.346 e. The second kappa shape index (κ2) is 3.03. The van der Waals surface area contributed by atoms with Crippen LogP contribution in [0.4, 0.5) is 0 Å². The van der Waals surface area contributed by atoms with Crippen LogP contribution in [0.5, 0.6) is 0 Å². The van der Waals surface area contributed by atoms with Crippen molar-refractivity contribution in [2.45, 2.75) is 6.10 Å². The lowest BCUT2D eigenvalue weighted by Crippen LogP contribution is -2.30. The van der Waals surface area contributed by atoms with E-state index in [-0.39, 0.29) is 0 Å². The summed E-state index contributed by atoms with van der Waals surface area (Å²) in [5, 5.41) is 16.3. The Hall–Kier alpha value is -1.10. The molecule has 1 unspecified atom stereocenters. The van der Waals surface area contributed by atoms with Crippen molar-refractivity contribution in [1.82, 2.24) is 0 Å². The lowest BCUT2D eigenvalue weighted by atomic mass is 10.4. The predicted octanol–water partition coefficient (Wildman–Crippen LogP) is -1.40. The highest BCUT2D eigenvalue weighted by Crippen LogP contribution is 1.84. The van der Waals surface area contributed by atoms with Gasteiger partial charge >= 0.3 is 11.9 Å². The molecule has 0 aliphatic rings. The van der Waals surface area contributed by atoms with Gasteiger partial charge in [-0.2, -0.15) is 0 Å². The van der Waals surface area contributed by atoms with E-state index in [0.717, 1.165) is 7.11 Å². The van der Waals surface area contributed by atoms with Crippen molar-refractivity contribution in [3.8, 4) is 0 Å². The molecule has 5 nitrogen and oxygen atoms in total. The first-order valence-electron chi connectivity index (χ1n) is 2.08. The molecule has 0 aromatic carbocycles. The van der Waals surface area contributed by atoms with Crippen molar-refractivity contribution >= 4 is 11.9 Å². The Morgan fingerprint density at radius 1 is 1.56 bits per heavy atom. The molecule has 0 aliphatic carbocycles. The Balaban J connectivity index is 3.88. The van der Waals surface area contributed by atoms with Crippen LogP contribution >= 0.6 is 0 Å². The van der Waals surface area contributed by atoms with Gasteiger partial charge in [0.2, 0.25) is 6.10 Å². The molecule has 2 N–H and O–H groups in total. The number of hydrogen-bond acceptors (Lipinski definition) is 4. The predicted molar refractivity (Wildman–Crippen MR) is 25.7 cm³/mol. The van der Waals surface area contributed by atoms with E-state index in [2.05, 4.69) is 4.74 Å². The van der Waals surface area contributed by atoms with E-state index in [1.807, 2.05) is 0 Å². The largest absolute Gasteiger partial charge is 0.479 e. The average molecular weight is 134 g/mol. The number of rotatable bonds is 2. The summed E-state index contributed by atoms with van der Waals surface area (Å²) in [5.74, 6) is -2.77. The highest BCUT2D eigenvalue weighted by atomic mass is 16.5. The van der Waals surface area contributed by atoms with Gasteiger partial charge in [0.1, 0.15) is 0 Å². The number of carboxylic acid groups (broad SMARTS) is 1. The minimum absolute atomic E-state index is 0.995. The lowest BCUT2D eigenvalue weighted by Gasteiger charge is -1.99. The van der Waals surface area contributed by atoms with Crippen LogP contribution in [0.25, 0.3) is 0 Å². The van der Waals surface area contributed by atoms with Crippen LogP contribution in [-0.2, 0) is 14.3 Å². The number of esters is 1. The second-order valence-corrected chi connectivity index (χ2v) is 1.26. The van der Waals surface area contributed by atoms with E-state index in [0.29, 0.717) is 0 Å². The maximum absolute atomic E-state index is 10.1. The van der Waals surface area contributed by atoms with Crippen LogP contribution in [0.2, 0.25) is 0 Å². The van der Waals surface area contributed by atoms with Crippen LogP contribution in [0, 0.1) is 0 Å². The topological polar surface area (TPSA) is 83.8 Å². The molecule has 0 aromatic heterocycles. The summed E-state index contributed by atoms with van der Waals surface area (Å²) in [6, 6.07) is 0. The van der Waals surface area contributed by atoms with E-state index in [1.165, 1.54) is 0 Å². The number of carboxylic acids is 1. The number of methoxy groups -OCH3 is 1. The summed E-state index contributed by atoms with van der Waals surface area (Å²) in [7, 11) is 0.995. The maximum atomic E-state index is 10.1. The first-order valence-corrected chi connectivity index (χ1v) is 2.08. The second-order valence-electron chi connectivity index (χ2n) is 1.26. The molecule has 0 fully saturated rings. The molecule has 0 aromatic rings. The number of carbonyl (C=O) groups excluding carboxylic acids is 1. The molecule has 0 saturated heterocycles. The molecule has 0 bridgehead atoms. The number of aliphatic hydroxyl groups is 1. The molecular weight excluding hydrogens is 128 g/mol. The zero-order valence-electron chi connectivity index (χ0n) is 4.70. The first-order chi connectivity index (χ1) is 4.09. The summed E-state index contributed by atoms with van der Waals surface area (Å²) in [5.41, 5.74) is 0. The van der Waals surface area contributed by atoms with Gasteiger partial charge in [-0.1, -0.05) is 0 Å². The Labute approximate surface area is 50.9 Å². The van der Waals surface area contributed by atoms with E-state index >= 15 is 0 Å². The van der Waals surface area contributed by atoms with E-state index < -0.39 is 18.0 Å². The molecule has 1 atom stereocenters. The van der Waals surface area contributed by atoms with Gasteiger partial charge in [-0.05, 0) is 0 Å². The van der Waals surface area contributed by atoms with E-state index in [9.17, 15) is 9.59 Å². The molecule has 0 heterocycles. The van der Waals surface area contributed by atoms with Gasteiger partial charge in [0.25, 0.3) is 0 Å². The molecule has 0 rings (SSSR count). The summed E-state index contributed by atoms with van der Waals surface area (Å²) in [6.07, 6.45) is -2.06. The summed E-state index contributed by atoms with van der Waals surface area (Å²) < 4.78 is 3.90. The van der Waals surface area contributed by atoms with Gasteiger partial charge in [-0.25, -0.2) is 9.59 Å². The third-order valence-corrected chi connectivity index (χ3v) is 0.658. The number of aliphatic carboxylic acids is 1. The van der Waals surface area contributed by atoms with Crippen LogP contribution < -0.4 is 0 Å². The zero-order valence-corrected chi connectivity index (χ0v) is 4.70. The molecule has 0 amide bonds. The molecule has 0 spiro atoms. The highest BCUT2D eigenvalue weighted by molar-refractivity contribution is 5.96. The lowest BCUT2D eigenvalue weighted by molar-refractivity contribution is -0.163. The quantitative estimate of drug-likeness (QED) is 0.358. The molecule has 0 aliphatic heterocycles. The van der Waals surface area contributed by atoms with Crippen LogP contribution in [0.1, 0.15) is 0 Å². The zero-order chi connectivity index (χ0) is 7.44. The van der Waals surface area contributed by atoms with Crippen LogP contribution in [-0.4, -0.2) is 35.4 Å². The van der Waals surface area contributed by atoms with Crippen molar-refractivity contribution in [1.29, 1.82) is 0 Å². The van der Waals surface area contributed by atoms with Gasteiger partial charge in [-0.3, -0.25) is 0 Å². The molecular formula is C4H6O5. The minimum atomic E-state index is -2.06. The van der Waals surface area contributed by atoms with Crippen molar-refractivity contribution in [3.63, 3.8) is 0 Å². The first kappa shape index (κ1) is 7.90. The summed E-state index contributed by atoms with van der Waals surface area (Å²) >= 11 is 0. The SMILES string of the molecule is COC(=O)C(O)C(=O)O. The summed E-state index contributed by atoms with van der Waals surface area (Å²) in [4.78, 5) is 19.8. The fourth-order valence-corrected chi connectivity index (χ4v) is 0.212. The Kier molecular flexibility index (Phi) is 2.66. The monoisotopic (exact) mass is 134 g/mol. The van der Waals surface area contributed by atoms with Crippen molar-refractivity contribution in [2.24, 2.45) is 0 Å². The number of carbonyl (C=O) groups is 2. The standard InChI is InChI=1S/C4H6O5/c1-9-4(8)2(5)3(6)7/h2,5H,1H3,(H,6,7). The molecule has 9 heavy (non-hydrogen) atoms. The number of aliphatic hydroxyl groups excluding tert-OH is 1. The van der Waals surface area contributed by atoms with Gasteiger partial charge in [0.15, 0.2) is 0 Å². The van der Waals surface area contributed by atoms with Gasteiger partial charge in [0.05, 0.1) is 7.11 Å². The summed E-state index contributed by atoms with van der Waals surface area (Å²) in [6.45, 7) is 0. The molecule has 0 radical (unpaired) electrons. The highest BCUT2D eigenvalue weighted by Gasteiger charge is 2.22. The van der Waals surface area contributed by atoms with Crippen molar-refractivity contribution in [3.05, 3.63) is 0 Å². The average Bonchev–Trinajstić information content (AvgIpc) is 1.84.